The van der Waals surface area contributed by atoms with Gasteiger partial charge in [0.2, 0.25) is 0 Å². The van der Waals surface area contributed by atoms with Crippen molar-refractivity contribution in [3.63, 3.8) is 0 Å². The van der Waals surface area contributed by atoms with Crippen LogP contribution >= 0.6 is 11.8 Å². The first kappa shape index (κ1) is 12.2. The summed E-state index contributed by atoms with van der Waals surface area (Å²) in [7, 11) is 0. The number of hydrogen-bond acceptors (Lipinski definition) is 4. The van der Waals surface area contributed by atoms with Crippen molar-refractivity contribution in [1.29, 1.82) is 0 Å². The Hall–Kier alpha value is -0.220. The minimum absolute atomic E-state index is 0.383. The third kappa shape index (κ3) is 3.14. The monoisotopic (exact) mass is 242 g/mol. The van der Waals surface area contributed by atoms with E-state index in [1.165, 1.54) is 25.7 Å². The van der Waals surface area contributed by atoms with Gasteiger partial charge in [0.05, 0.1) is 18.7 Å². The van der Waals surface area contributed by atoms with Crippen LogP contribution in [0.5, 0.6) is 0 Å². The van der Waals surface area contributed by atoms with Gasteiger partial charge in [-0.05, 0) is 26.2 Å². The van der Waals surface area contributed by atoms with Crippen molar-refractivity contribution in [2.45, 2.75) is 56.9 Å². The zero-order valence-corrected chi connectivity index (χ0v) is 11.1. The molecule has 2 heterocycles. The van der Waals surface area contributed by atoms with Crippen molar-refractivity contribution < 1.29 is 4.74 Å². The van der Waals surface area contributed by atoms with Crippen LogP contribution in [-0.4, -0.2) is 35.7 Å². The highest BCUT2D eigenvalue weighted by atomic mass is 32.2. The van der Waals surface area contributed by atoms with Gasteiger partial charge in [0.15, 0.2) is 5.17 Å². The van der Waals surface area contributed by atoms with Crippen molar-refractivity contribution >= 4 is 16.9 Å². The van der Waals surface area contributed by atoms with E-state index in [-0.39, 0.29) is 0 Å². The van der Waals surface area contributed by atoms with Crippen molar-refractivity contribution in [1.82, 2.24) is 5.32 Å². The number of nitrogens with one attached hydrogen (secondary N) is 1. The van der Waals surface area contributed by atoms with Crippen LogP contribution < -0.4 is 5.32 Å². The molecule has 0 aromatic rings. The summed E-state index contributed by atoms with van der Waals surface area (Å²) in [4.78, 5) is 4.56. The second-order valence-corrected chi connectivity index (χ2v) is 5.95. The van der Waals surface area contributed by atoms with Gasteiger partial charge in [-0.3, -0.25) is 4.99 Å². The van der Waals surface area contributed by atoms with Crippen LogP contribution in [0.3, 0.4) is 0 Å². The van der Waals surface area contributed by atoms with Crippen molar-refractivity contribution in [2.24, 2.45) is 4.99 Å². The van der Waals surface area contributed by atoms with Gasteiger partial charge in [0, 0.05) is 11.9 Å². The molecule has 1 fully saturated rings. The zero-order valence-electron chi connectivity index (χ0n) is 10.2. The normalized spacial score (nSPS) is 31.5. The molecule has 0 radical (unpaired) electrons. The van der Waals surface area contributed by atoms with Gasteiger partial charge < -0.3 is 10.1 Å². The van der Waals surface area contributed by atoms with Crippen LogP contribution in [0.1, 0.15) is 39.5 Å². The number of amidine groups is 1. The lowest BCUT2D eigenvalue weighted by Gasteiger charge is -2.20. The van der Waals surface area contributed by atoms with Gasteiger partial charge in [-0.2, -0.15) is 0 Å². The van der Waals surface area contributed by atoms with Gasteiger partial charge in [-0.1, -0.05) is 25.1 Å². The Bertz CT molecular complexity index is 251. The number of hydrogen-bond donors (Lipinski definition) is 1. The first-order valence-corrected chi connectivity index (χ1v) is 7.26. The van der Waals surface area contributed by atoms with E-state index in [1.54, 1.807) is 0 Å². The Balaban J connectivity index is 1.73. The molecule has 1 saturated heterocycles. The highest BCUT2D eigenvalue weighted by Gasteiger charge is 2.25. The fraction of sp³-hybridized carbons (Fsp3) is 0.917. The average molecular weight is 242 g/mol. The molecule has 0 amide bonds. The van der Waals surface area contributed by atoms with Crippen LogP contribution in [-0.2, 0) is 4.74 Å². The first-order chi connectivity index (χ1) is 7.79. The van der Waals surface area contributed by atoms with E-state index >= 15 is 0 Å². The summed E-state index contributed by atoms with van der Waals surface area (Å²) in [5.74, 6) is 0. The van der Waals surface area contributed by atoms with E-state index in [9.17, 15) is 0 Å². The summed E-state index contributed by atoms with van der Waals surface area (Å²) in [6.07, 6.45) is 5.29. The Morgan fingerprint density at radius 1 is 1.62 bits per heavy atom. The molecule has 1 N–H and O–H groups in total. The molecule has 0 spiro atoms. The van der Waals surface area contributed by atoms with Crippen LogP contribution in [0.15, 0.2) is 4.99 Å². The van der Waals surface area contributed by atoms with Gasteiger partial charge in [0.25, 0.3) is 0 Å². The summed E-state index contributed by atoms with van der Waals surface area (Å²) in [5.41, 5.74) is 0. The zero-order chi connectivity index (χ0) is 11.4. The fourth-order valence-corrected chi connectivity index (χ4v) is 3.47. The lowest BCUT2D eigenvalue weighted by atomic mass is 10.1. The molecule has 4 heteroatoms. The maximum Gasteiger partial charge on any atom is 0.157 e. The molecule has 16 heavy (non-hydrogen) atoms. The molecule has 0 saturated carbocycles. The predicted octanol–water partition coefficient (Wildman–Crippen LogP) is 2.42. The second-order valence-electron chi connectivity index (χ2n) is 4.66. The molecule has 3 atom stereocenters. The molecule has 3 nitrogen and oxygen atoms in total. The number of thioether (sulfide) groups is 1. The smallest absolute Gasteiger partial charge is 0.157 e. The quantitative estimate of drug-likeness (QED) is 0.822. The molecule has 2 aliphatic heterocycles. The maximum absolute atomic E-state index is 5.67. The summed E-state index contributed by atoms with van der Waals surface area (Å²) in [6.45, 7) is 6.35. The van der Waals surface area contributed by atoms with Crippen molar-refractivity contribution in [3.8, 4) is 0 Å². The molecular weight excluding hydrogens is 220 g/mol. The minimum atomic E-state index is 0.383. The minimum Gasteiger partial charge on any atom is -0.376 e. The number of rotatable bonds is 4. The topological polar surface area (TPSA) is 33.6 Å². The third-order valence-corrected chi connectivity index (χ3v) is 4.39. The summed E-state index contributed by atoms with van der Waals surface area (Å²) < 4.78 is 5.67. The van der Waals surface area contributed by atoms with E-state index in [2.05, 4.69) is 24.2 Å². The molecule has 3 unspecified atom stereocenters. The molecule has 0 aromatic carbocycles. The molecular formula is C12H22N2OS. The van der Waals surface area contributed by atoms with Crippen LogP contribution in [0.25, 0.3) is 0 Å². The average Bonchev–Trinajstić information content (AvgIpc) is 2.89. The first-order valence-electron chi connectivity index (χ1n) is 6.39. The number of nitrogens with zero attached hydrogens (tertiary/aromatic N) is 1. The van der Waals surface area contributed by atoms with Crippen molar-refractivity contribution in [3.05, 3.63) is 0 Å². The van der Waals surface area contributed by atoms with E-state index < -0.39 is 0 Å². The fourth-order valence-electron chi connectivity index (χ4n) is 2.25. The van der Waals surface area contributed by atoms with Crippen molar-refractivity contribution in [2.75, 3.05) is 13.2 Å². The van der Waals surface area contributed by atoms with Crippen LogP contribution in [0, 0.1) is 0 Å². The largest absolute Gasteiger partial charge is 0.376 e. The molecule has 0 aliphatic carbocycles. The van der Waals surface area contributed by atoms with E-state index in [0.717, 1.165) is 18.3 Å². The maximum atomic E-state index is 5.67. The Kier molecular flexibility index (Phi) is 4.53. The Labute approximate surface area is 102 Å². The number of ether oxygens (including phenoxy) is 1. The number of aliphatic imine (C=N–C) groups is 1. The third-order valence-electron chi connectivity index (χ3n) is 3.20. The highest BCUT2D eigenvalue weighted by Crippen LogP contribution is 2.24. The standard InChI is InChI=1S/C12H22N2OS/c1-3-5-10-8-13-12(16-10)14-9(2)11-6-4-7-15-11/h9-11H,3-8H2,1-2H3,(H,13,14). The molecule has 92 valence electrons. The van der Waals surface area contributed by atoms with Gasteiger partial charge in [-0.25, -0.2) is 0 Å². The molecule has 2 aliphatic rings. The summed E-state index contributed by atoms with van der Waals surface area (Å²) in [6, 6.07) is 0.397. The van der Waals surface area contributed by atoms with Gasteiger partial charge >= 0.3 is 0 Å². The molecule has 2 rings (SSSR count). The van der Waals surface area contributed by atoms with Crippen LogP contribution in [0.2, 0.25) is 0 Å². The van der Waals surface area contributed by atoms with E-state index in [1.807, 2.05) is 11.8 Å². The van der Waals surface area contributed by atoms with Crippen LogP contribution in [0.4, 0.5) is 0 Å². The lowest BCUT2D eigenvalue weighted by molar-refractivity contribution is 0.0896. The molecule has 0 aromatic heterocycles. The predicted molar refractivity (Wildman–Crippen MR) is 70.2 cm³/mol. The van der Waals surface area contributed by atoms with Gasteiger partial charge in [0.1, 0.15) is 0 Å². The Morgan fingerprint density at radius 2 is 2.50 bits per heavy atom. The summed E-state index contributed by atoms with van der Waals surface area (Å²) in [5, 5.41) is 5.32. The van der Waals surface area contributed by atoms with E-state index in [4.69, 9.17) is 4.74 Å². The SMILES string of the molecule is CCCC1CN=C(NC(C)C2CCCO2)S1. The van der Waals surface area contributed by atoms with E-state index in [0.29, 0.717) is 17.4 Å². The second kappa shape index (κ2) is 5.92. The Morgan fingerprint density at radius 3 is 3.19 bits per heavy atom. The highest BCUT2D eigenvalue weighted by molar-refractivity contribution is 8.14. The molecule has 0 bridgehead atoms. The van der Waals surface area contributed by atoms with Gasteiger partial charge in [-0.15, -0.1) is 0 Å². The summed E-state index contributed by atoms with van der Waals surface area (Å²) >= 11 is 1.91. The lowest BCUT2D eigenvalue weighted by Crippen LogP contribution is -2.39.